The molecule has 1 saturated heterocycles. The first-order chi connectivity index (χ1) is 10.1. The first kappa shape index (κ1) is 16.2. The van der Waals surface area contributed by atoms with E-state index >= 15 is 0 Å². The largest absolute Gasteiger partial charge is 0.481 e. The quantitative estimate of drug-likeness (QED) is 0.792. The lowest BCUT2D eigenvalue weighted by Crippen LogP contribution is -2.35. The van der Waals surface area contributed by atoms with Gasteiger partial charge in [0, 0.05) is 25.6 Å². The summed E-state index contributed by atoms with van der Waals surface area (Å²) in [5.74, 6) is -0.411. The molecule has 1 fully saturated rings. The summed E-state index contributed by atoms with van der Waals surface area (Å²) in [5, 5.41) is 19.2. The van der Waals surface area contributed by atoms with Crippen LogP contribution in [0.4, 0.5) is 5.13 Å². The van der Waals surface area contributed by atoms with Crippen molar-refractivity contribution in [3.05, 3.63) is 5.01 Å². The number of rotatable bonds is 8. The zero-order valence-corrected chi connectivity index (χ0v) is 13.6. The van der Waals surface area contributed by atoms with Crippen molar-refractivity contribution in [2.24, 2.45) is 0 Å². The molecule has 1 aliphatic rings. The second-order valence-electron chi connectivity index (χ2n) is 5.76. The van der Waals surface area contributed by atoms with Gasteiger partial charge in [0.2, 0.25) is 5.13 Å². The number of aromatic nitrogens is 2. The third-order valence-corrected chi connectivity index (χ3v) is 4.96. The summed E-state index contributed by atoms with van der Waals surface area (Å²) in [6.45, 7) is 8.78. The Kier molecular flexibility index (Phi) is 5.93. The molecule has 1 aliphatic heterocycles. The van der Waals surface area contributed by atoms with Crippen LogP contribution in [-0.2, 0) is 4.79 Å². The second kappa shape index (κ2) is 7.70. The highest BCUT2D eigenvalue weighted by atomic mass is 32.1. The zero-order chi connectivity index (χ0) is 15.2. The lowest BCUT2D eigenvalue weighted by Gasteiger charge is -2.23. The molecule has 0 aromatic carbocycles. The molecule has 6 nitrogen and oxygen atoms in total. The summed E-state index contributed by atoms with van der Waals surface area (Å²) in [6, 6.07) is 0. The third kappa shape index (κ3) is 4.93. The molecule has 0 aliphatic carbocycles. The van der Waals surface area contributed by atoms with Crippen LogP contribution in [0.1, 0.15) is 44.0 Å². The van der Waals surface area contributed by atoms with E-state index in [-0.39, 0.29) is 6.42 Å². The predicted octanol–water partition coefficient (Wildman–Crippen LogP) is 2.04. The van der Waals surface area contributed by atoms with Crippen molar-refractivity contribution < 1.29 is 9.90 Å². The molecule has 1 aromatic rings. The molecule has 0 bridgehead atoms. The Morgan fingerprint density at radius 3 is 2.62 bits per heavy atom. The molecule has 1 aromatic heterocycles. The average molecular weight is 312 g/mol. The van der Waals surface area contributed by atoms with Crippen LogP contribution >= 0.6 is 11.3 Å². The zero-order valence-electron chi connectivity index (χ0n) is 12.8. The van der Waals surface area contributed by atoms with Crippen molar-refractivity contribution in [3.8, 4) is 0 Å². The minimum Gasteiger partial charge on any atom is -0.481 e. The van der Waals surface area contributed by atoms with Crippen LogP contribution in [0.2, 0.25) is 0 Å². The highest BCUT2D eigenvalue weighted by Crippen LogP contribution is 2.25. The molecular weight excluding hydrogens is 288 g/mol. The van der Waals surface area contributed by atoms with Crippen molar-refractivity contribution in [3.63, 3.8) is 0 Å². The van der Waals surface area contributed by atoms with E-state index in [1.54, 1.807) is 11.3 Å². The fourth-order valence-corrected chi connectivity index (χ4v) is 3.29. The molecule has 0 radical (unpaired) electrons. The maximum absolute atomic E-state index is 10.8. The van der Waals surface area contributed by atoms with Gasteiger partial charge in [-0.1, -0.05) is 25.2 Å². The molecule has 2 rings (SSSR count). The fraction of sp³-hybridized carbons (Fsp3) is 0.786. The Balaban J connectivity index is 1.97. The van der Waals surface area contributed by atoms with E-state index in [1.807, 2.05) is 0 Å². The summed E-state index contributed by atoms with van der Waals surface area (Å²) in [6.07, 6.45) is 2.67. The number of likely N-dealkylation sites (tertiary alicyclic amines) is 1. The van der Waals surface area contributed by atoms with Gasteiger partial charge >= 0.3 is 5.97 Å². The summed E-state index contributed by atoms with van der Waals surface area (Å²) in [4.78, 5) is 15.3. The number of nitrogens with zero attached hydrogens (tertiary/aromatic N) is 4. The van der Waals surface area contributed by atoms with E-state index in [1.165, 1.54) is 12.8 Å². The minimum absolute atomic E-state index is 0.136. The first-order valence-electron chi connectivity index (χ1n) is 7.58. The van der Waals surface area contributed by atoms with E-state index in [9.17, 15) is 4.79 Å². The number of carbonyl (C=O) groups is 1. The van der Waals surface area contributed by atoms with Gasteiger partial charge in [0.15, 0.2) is 0 Å². The van der Waals surface area contributed by atoms with Gasteiger partial charge in [0.25, 0.3) is 0 Å². The maximum Gasteiger partial charge on any atom is 0.305 e. The summed E-state index contributed by atoms with van der Waals surface area (Å²) >= 11 is 1.58. The molecule has 21 heavy (non-hydrogen) atoms. The fourth-order valence-electron chi connectivity index (χ4n) is 2.39. The van der Waals surface area contributed by atoms with Crippen molar-refractivity contribution in [1.29, 1.82) is 0 Å². The SMILES string of the molecule is CC(C)c1nnc(N(CCC(=O)O)CCN2CCCC2)s1. The Labute approximate surface area is 129 Å². The minimum atomic E-state index is -0.769. The van der Waals surface area contributed by atoms with Crippen molar-refractivity contribution in [2.45, 2.75) is 39.0 Å². The lowest BCUT2D eigenvalue weighted by atomic mass is 10.2. The average Bonchev–Trinajstić information content (AvgIpc) is 3.09. The Hall–Kier alpha value is -1.21. The van der Waals surface area contributed by atoms with Crippen molar-refractivity contribution in [1.82, 2.24) is 15.1 Å². The number of aliphatic carboxylic acids is 1. The number of carboxylic acid groups (broad SMARTS) is 1. The van der Waals surface area contributed by atoms with Crippen LogP contribution in [-0.4, -0.2) is 58.9 Å². The number of hydrogen-bond donors (Lipinski definition) is 1. The normalized spacial score (nSPS) is 15.8. The predicted molar refractivity (Wildman–Crippen MR) is 84.1 cm³/mol. The Morgan fingerprint density at radius 2 is 2.05 bits per heavy atom. The van der Waals surface area contributed by atoms with Crippen molar-refractivity contribution >= 4 is 22.4 Å². The molecular formula is C14H24N4O2S. The summed E-state index contributed by atoms with van der Waals surface area (Å²) in [7, 11) is 0. The van der Waals surface area contributed by atoms with Crippen LogP contribution in [0.15, 0.2) is 0 Å². The van der Waals surface area contributed by atoms with Crippen LogP contribution < -0.4 is 4.90 Å². The monoisotopic (exact) mass is 312 g/mol. The van der Waals surface area contributed by atoms with E-state index in [0.29, 0.717) is 12.5 Å². The maximum atomic E-state index is 10.8. The van der Waals surface area contributed by atoms with Crippen LogP contribution in [0.25, 0.3) is 0 Å². The molecule has 2 heterocycles. The van der Waals surface area contributed by atoms with Gasteiger partial charge in [0.05, 0.1) is 6.42 Å². The van der Waals surface area contributed by atoms with Gasteiger partial charge in [0.1, 0.15) is 5.01 Å². The topological polar surface area (TPSA) is 69.6 Å². The van der Waals surface area contributed by atoms with Crippen molar-refractivity contribution in [2.75, 3.05) is 37.6 Å². The summed E-state index contributed by atoms with van der Waals surface area (Å²) < 4.78 is 0. The summed E-state index contributed by atoms with van der Waals surface area (Å²) in [5.41, 5.74) is 0. The van der Waals surface area contributed by atoms with E-state index in [4.69, 9.17) is 5.11 Å². The highest BCUT2D eigenvalue weighted by Gasteiger charge is 2.18. The number of carboxylic acids is 1. The lowest BCUT2D eigenvalue weighted by molar-refractivity contribution is -0.136. The van der Waals surface area contributed by atoms with Crippen LogP contribution in [0.5, 0.6) is 0 Å². The first-order valence-corrected chi connectivity index (χ1v) is 8.40. The molecule has 1 N–H and O–H groups in total. The Morgan fingerprint density at radius 1 is 1.33 bits per heavy atom. The van der Waals surface area contributed by atoms with E-state index in [2.05, 4.69) is 33.8 Å². The standard InChI is InChI=1S/C14H24N4O2S/c1-11(2)13-15-16-14(21-13)18(8-5-12(19)20)10-9-17-6-3-4-7-17/h11H,3-10H2,1-2H3,(H,19,20). The number of hydrogen-bond acceptors (Lipinski definition) is 6. The van der Waals surface area contributed by atoms with E-state index in [0.717, 1.165) is 36.3 Å². The molecule has 0 saturated carbocycles. The van der Waals surface area contributed by atoms with Crippen LogP contribution in [0.3, 0.4) is 0 Å². The molecule has 118 valence electrons. The number of anilines is 1. The third-order valence-electron chi connectivity index (χ3n) is 3.67. The van der Waals surface area contributed by atoms with E-state index < -0.39 is 5.97 Å². The molecule has 0 amide bonds. The van der Waals surface area contributed by atoms with Crippen LogP contribution in [0, 0.1) is 0 Å². The van der Waals surface area contributed by atoms with Gasteiger partial charge in [-0.3, -0.25) is 4.79 Å². The Bertz CT molecular complexity index is 458. The van der Waals surface area contributed by atoms with Gasteiger partial charge < -0.3 is 14.9 Å². The van der Waals surface area contributed by atoms with Gasteiger partial charge in [-0.25, -0.2) is 0 Å². The molecule has 0 unspecified atom stereocenters. The highest BCUT2D eigenvalue weighted by molar-refractivity contribution is 7.15. The van der Waals surface area contributed by atoms with Gasteiger partial charge in [-0.15, -0.1) is 10.2 Å². The molecule has 7 heteroatoms. The molecule has 0 atom stereocenters. The van der Waals surface area contributed by atoms with Gasteiger partial charge in [-0.2, -0.15) is 0 Å². The molecule has 0 spiro atoms. The second-order valence-corrected chi connectivity index (χ2v) is 6.74. The van der Waals surface area contributed by atoms with Gasteiger partial charge in [-0.05, 0) is 25.9 Å². The smallest absolute Gasteiger partial charge is 0.305 e.